The number of carbonyl (C=O) groups excluding carboxylic acids is 1. The van der Waals surface area contributed by atoms with Gasteiger partial charge in [-0.1, -0.05) is 58.3 Å². The average Bonchev–Trinajstić information content (AvgIpc) is 2.67. The Hall–Kier alpha value is -1.22. The van der Waals surface area contributed by atoms with Gasteiger partial charge in [0, 0.05) is 26.1 Å². The highest BCUT2D eigenvalue weighted by Gasteiger charge is 2.12. The van der Waals surface area contributed by atoms with Crippen molar-refractivity contribution in [3.05, 3.63) is 0 Å². The van der Waals surface area contributed by atoms with Gasteiger partial charge in [0.1, 0.15) is 6.04 Å². The second kappa shape index (κ2) is 23.1. The number of aliphatic hydroxyl groups is 3. The van der Waals surface area contributed by atoms with Gasteiger partial charge in [-0.05, 0) is 13.3 Å². The van der Waals surface area contributed by atoms with Crippen LogP contribution in [0.25, 0.3) is 0 Å². The Morgan fingerprint density at radius 1 is 0.793 bits per heavy atom. The quantitative estimate of drug-likeness (QED) is 0.214. The minimum atomic E-state index is -0.986. The first-order valence-electron chi connectivity index (χ1n) is 11.0. The van der Waals surface area contributed by atoms with Crippen molar-refractivity contribution in [2.75, 3.05) is 39.5 Å². The predicted molar refractivity (Wildman–Crippen MR) is 115 cm³/mol. The molecule has 174 valence electrons. The monoisotopic (exact) mass is 420 g/mol. The summed E-state index contributed by atoms with van der Waals surface area (Å²) in [6.45, 7) is 5.45. The summed E-state index contributed by atoms with van der Waals surface area (Å²) in [4.78, 5) is 23.7. The summed E-state index contributed by atoms with van der Waals surface area (Å²) >= 11 is 0. The van der Waals surface area contributed by atoms with E-state index >= 15 is 0 Å². The summed E-state index contributed by atoms with van der Waals surface area (Å²) in [5.41, 5.74) is 0. The molecule has 0 saturated heterocycles. The first kappa shape index (κ1) is 30.0. The number of carboxylic acids is 1. The normalized spacial score (nSPS) is 11.7. The molecule has 8 heteroatoms. The van der Waals surface area contributed by atoms with Crippen molar-refractivity contribution in [1.29, 1.82) is 0 Å². The van der Waals surface area contributed by atoms with E-state index in [1.54, 1.807) is 4.90 Å². The van der Waals surface area contributed by atoms with Crippen LogP contribution in [0.1, 0.15) is 78.1 Å². The number of hydrogen-bond donors (Lipinski definition) is 5. The SMILES string of the molecule is CCCCCCCCCCCC(=O)N[C@@H](C)C(=O)O.OCCN(CCO)CCO. The first-order valence-corrected chi connectivity index (χ1v) is 11.0. The smallest absolute Gasteiger partial charge is 0.325 e. The third kappa shape index (κ3) is 22.9. The van der Waals surface area contributed by atoms with Crippen molar-refractivity contribution < 1.29 is 30.0 Å². The summed E-state index contributed by atoms with van der Waals surface area (Å²) in [5, 5.41) is 36.6. The van der Waals surface area contributed by atoms with Crippen LogP contribution in [0.15, 0.2) is 0 Å². The van der Waals surface area contributed by atoms with Crippen LogP contribution in [0.2, 0.25) is 0 Å². The fourth-order valence-corrected chi connectivity index (χ4v) is 2.73. The van der Waals surface area contributed by atoms with Gasteiger partial charge >= 0.3 is 5.97 Å². The molecular formula is C21H44N2O6. The van der Waals surface area contributed by atoms with Gasteiger partial charge in [0.05, 0.1) is 19.8 Å². The molecule has 0 aliphatic rings. The lowest BCUT2D eigenvalue weighted by atomic mass is 10.1. The molecule has 0 aliphatic carbocycles. The van der Waals surface area contributed by atoms with Crippen LogP contribution in [0, 0.1) is 0 Å². The minimum absolute atomic E-state index is 0.0694. The molecule has 0 radical (unpaired) electrons. The van der Waals surface area contributed by atoms with Gasteiger partial charge in [-0.3, -0.25) is 14.5 Å². The van der Waals surface area contributed by atoms with Crippen LogP contribution in [-0.4, -0.2) is 82.7 Å². The van der Waals surface area contributed by atoms with Gasteiger partial charge in [0.15, 0.2) is 0 Å². The third-order valence-electron chi connectivity index (χ3n) is 4.50. The van der Waals surface area contributed by atoms with E-state index in [1.807, 2.05) is 0 Å². The maximum Gasteiger partial charge on any atom is 0.325 e. The molecule has 1 atom stereocenters. The molecule has 0 aliphatic heterocycles. The van der Waals surface area contributed by atoms with Crippen molar-refractivity contribution in [1.82, 2.24) is 10.2 Å². The second-order valence-corrected chi connectivity index (χ2v) is 7.22. The number of aliphatic hydroxyl groups excluding tert-OH is 3. The molecule has 0 unspecified atom stereocenters. The predicted octanol–water partition coefficient (Wildman–Crippen LogP) is 1.76. The third-order valence-corrected chi connectivity index (χ3v) is 4.50. The zero-order valence-corrected chi connectivity index (χ0v) is 18.4. The van der Waals surface area contributed by atoms with Crippen LogP contribution in [0.4, 0.5) is 0 Å². The summed E-state index contributed by atoms with van der Waals surface area (Å²) in [5.74, 6) is -1.14. The second-order valence-electron chi connectivity index (χ2n) is 7.22. The zero-order chi connectivity index (χ0) is 22.3. The number of nitrogens with one attached hydrogen (secondary N) is 1. The van der Waals surface area contributed by atoms with Crippen LogP contribution in [0.3, 0.4) is 0 Å². The molecule has 8 nitrogen and oxygen atoms in total. The van der Waals surface area contributed by atoms with E-state index in [9.17, 15) is 9.59 Å². The maximum atomic E-state index is 11.4. The van der Waals surface area contributed by atoms with E-state index in [-0.39, 0.29) is 25.7 Å². The summed E-state index contributed by atoms with van der Waals surface area (Å²) in [6.07, 6.45) is 11.3. The van der Waals surface area contributed by atoms with E-state index in [4.69, 9.17) is 20.4 Å². The number of rotatable bonds is 18. The van der Waals surface area contributed by atoms with Gasteiger partial charge in [-0.15, -0.1) is 0 Å². The van der Waals surface area contributed by atoms with Crippen molar-refractivity contribution >= 4 is 11.9 Å². The highest BCUT2D eigenvalue weighted by Crippen LogP contribution is 2.10. The highest BCUT2D eigenvalue weighted by molar-refractivity contribution is 5.83. The fourth-order valence-electron chi connectivity index (χ4n) is 2.73. The lowest BCUT2D eigenvalue weighted by molar-refractivity contribution is -0.141. The highest BCUT2D eigenvalue weighted by atomic mass is 16.4. The van der Waals surface area contributed by atoms with Gasteiger partial charge in [0.2, 0.25) is 5.91 Å². The van der Waals surface area contributed by atoms with Gasteiger partial charge < -0.3 is 25.7 Å². The largest absolute Gasteiger partial charge is 0.480 e. The number of amides is 1. The number of unbranched alkanes of at least 4 members (excludes halogenated alkanes) is 8. The van der Waals surface area contributed by atoms with Crippen molar-refractivity contribution in [2.45, 2.75) is 84.1 Å². The lowest BCUT2D eigenvalue weighted by Gasteiger charge is -2.17. The molecule has 0 aromatic heterocycles. The van der Waals surface area contributed by atoms with E-state index in [2.05, 4.69) is 12.2 Å². The van der Waals surface area contributed by atoms with Crippen molar-refractivity contribution in [2.24, 2.45) is 0 Å². The van der Waals surface area contributed by atoms with Crippen LogP contribution in [-0.2, 0) is 9.59 Å². The molecule has 0 saturated carbocycles. The van der Waals surface area contributed by atoms with Gasteiger partial charge in [-0.2, -0.15) is 0 Å². The van der Waals surface area contributed by atoms with Gasteiger partial charge in [0.25, 0.3) is 0 Å². The molecule has 1 amide bonds. The molecule has 0 rings (SSSR count). The molecular weight excluding hydrogens is 376 g/mol. The Bertz CT molecular complexity index is 368. The number of carbonyl (C=O) groups is 2. The van der Waals surface area contributed by atoms with E-state index in [0.29, 0.717) is 26.1 Å². The Kier molecular flexibility index (Phi) is 23.8. The summed E-state index contributed by atoms with van der Waals surface area (Å²) in [7, 11) is 0. The van der Waals surface area contributed by atoms with E-state index in [1.165, 1.54) is 51.9 Å². The summed E-state index contributed by atoms with van der Waals surface area (Å²) < 4.78 is 0. The van der Waals surface area contributed by atoms with E-state index in [0.717, 1.165) is 12.8 Å². The maximum absolute atomic E-state index is 11.4. The Balaban J connectivity index is 0. The molecule has 0 spiro atoms. The zero-order valence-electron chi connectivity index (χ0n) is 18.4. The average molecular weight is 421 g/mol. The molecule has 29 heavy (non-hydrogen) atoms. The molecule has 0 heterocycles. The standard InChI is InChI=1S/C15H29NO3.C6H15NO3/c1-3-4-5-6-7-8-9-10-11-12-14(17)16-13(2)15(18)19;8-4-1-7(2-5-9)3-6-10/h13H,3-12H2,1-2H3,(H,16,17)(H,18,19);8-10H,1-6H2/t13-;/m0./s1. The molecule has 0 aromatic carbocycles. The molecule has 5 N–H and O–H groups in total. The van der Waals surface area contributed by atoms with Crippen LogP contribution >= 0.6 is 0 Å². The van der Waals surface area contributed by atoms with Crippen molar-refractivity contribution in [3.63, 3.8) is 0 Å². The summed E-state index contributed by atoms with van der Waals surface area (Å²) in [6, 6.07) is -0.786. The Morgan fingerprint density at radius 3 is 1.59 bits per heavy atom. The van der Waals surface area contributed by atoms with Crippen LogP contribution in [0.5, 0.6) is 0 Å². The lowest BCUT2D eigenvalue weighted by Crippen LogP contribution is -2.38. The number of carboxylic acid groups (broad SMARTS) is 1. The molecule has 0 bridgehead atoms. The Labute approximate surface area is 176 Å². The topological polar surface area (TPSA) is 130 Å². The number of aliphatic carboxylic acids is 1. The van der Waals surface area contributed by atoms with E-state index < -0.39 is 12.0 Å². The fraction of sp³-hybridized carbons (Fsp3) is 0.905. The minimum Gasteiger partial charge on any atom is -0.480 e. The molecule has 0 fully saturated rings. The number of nitrogens with zero attached hydrogens (tertiary/aromatic N) is 1. The van der Waals surface area contributed by atoms with Crippen LogP contribution < -0.4 is 5.32 Å². The first-order chi connectivity index (χ1) is 13.9. The number of hydrogen-bond acceptors (Lipinski definition) is 6. The van der Waals surface area contributed by atoms with Gasteiger partial charge in [-0.25, -0.2) is 0 Å². The van der Waals surface area contributed by atoms with Crippen molar-refractivity contribution in [3.8, 4) is 0 Å². The molecule has 0 aromatic rings. The Morgan fingerprint density at radius 2 is 1.21 bits per heavy atom.